The van der Waals surface area contributed by atoms with Crippen molar-refractivity contribution in [3.05, 3.63) is 18.0 Å². The largest absolute Gasteiger partial charge is 0.354 e. The Morgan fingerprint density at radius 1 is 1.53 bits per heavy atom. The minimum atomic E-state index is 0.603. The third-order valence-electron chi connectivity index (χ3n) is 2.44. The molecule has 1 heterocycles. The Morgan fingerprint density at radius 3 is 2.93 bits per heavy atom. The predicted octanol–water partition coefficient (Wildman–Crippen LogP) is 2.85. The third-order valence-corrected chi connectivity index (χ3v) is 2.66. The van der Waals surface area contributed by atoms with Crippen LogP contribution in [0.4, 0.5) is 5.95 Å². The van der Waals surface area contributed by atoms with Crippen LogP contribution in [0.25, 0.3) is 0 Å². The van der Waals surface area contributed by atoms with Crippen LogP contribution in [0.5, 0.6) is 0 Å². The van der Waals surface area contributed by atoms with Crippen molar-refractivity contribution >= 4 is 17.5 Å². The highest BCUT2D eigenvalue weighted by atomic mass is 35.5. The van der Waals surface area contributed by atoms with Gasteiger partial charge in [-0.15, -0.1) is 11.6 Å². The second kappa shape index (κ2) is 6.62. The number of anilines is 1. The van der Waals surface area contributed by atoms with Crippen molar-refractivity contribution in [1.29, 1.82) is 0 Å². The van der Waals surface area contributed by atoms with Crippen LogP contribution in [0.3, 0.4) is 0 Å². The summed E-state index contributed by atoms with van der Waals surface area (Å²) in [5.74, 6) is 2.03. The summed E-state index contributed by atoms with van der Waals surface area (Å²) in [6.45, 7) is 5.03. The number of nitrogens with one attached hydrogen (secondary N) is 1. The molecule has 84 valence electrons. The van der Waals surface area contributed by atoms with E-state index in [-0.39, 0.29) is 0 Å². The molecule has 4 heteroatoms. The summed E-state index contributed by atoms with van der Waals surface area (Å²) in [6.07, 6.45) is 3.94. The summed E-state index contributed by atoms with van der Waals surface area (Å²) in [5.41, 5.74) is 0.984. The second-order valence-electron chi connectivity index (χ2n) is 3.65. The first kappa shape index (κ1) is 12.2. The maximum Gasteiger partial charge on any atom is 0.222 e. The highest BCUT2D eigenvalue weighted by Crippen LogP contribution is 2.10. The molecule has 0 aliphatic carbocycles. The van der Waals surface area contributed by atoms with E-state index < -0.39 is 0 Å². The number of hydrogen-bond donors (Lipinski definition) is 1. The summed E-state index contributed by atoms with van der Waals surface area (Å²) < 4.78 is 0. The fraction of sp³-hybridized carbons (Fsp3) is 0.636. The van der Waals surface area contributed by atoms with Gasteiger partial charge < -0.3 is 5.32 Å². The number of nitrogens with zero attached hydrogens (tertiary/aromatic N) is 2. The van der Waals surface area contributed by atoms with Crippen molar-refractivity contribution < 1.29 is 0 Å². The van der Waals surface area contributed by atoms with Gasteiger partial charge in [-0.1, -0.05) is 13.3 Å². The van der Waals surface area contributed by atoms with Gasteiger partial charge in [0.1, 0.15) is 0 Å². The van der Waals surface area contributed by atoms with Gasteiger partial charge in [-0.2, -0.15) is 0 Å². The summed E-state index contributed by atoms with van der Waals surface area (Å²) in [7, 11) is 0. The van der Waals surface area contributed by atoms with E-state index >= 15 is 0 Å². The first-order valence-electron chi connectivity index (χ1n) is 5.35. The quantitative estimate of drug-likeness (QED) is 0.760. The molecule has 1 unspecified atom stereocenters. The van der Waals surface area contributed by atoms with Crippen molar-refractivity contribution in [2.75, 3.05) is 17.7 Å². The molecule has 0 radical (unpaired) electrons. The standard InChI is InChI=1S/C11H18ClN3/c1-3-10(4-6-12)8-14-11-13-7-5-9(2)15-11/h5,7,10H,3-4,6,8H2,1-2H3,(H,13,14,15). The van der Waals surface area contributed by atoms with E-state index in [1.54, 1.807) is 6.20 Å². The molecule has 1 rings (SSSR count). The van der Waals surface area contributed by atoms with Crippen LogP contribution in [0, 0.1) is 12.8 Å². The molecule has 1 aromatic rings. The smallest absolute Gasteiger partial charge is 0.222 e. The molecule has 3 nitrogen and oxygen atoms in total. The molecule has 0 saturated carbocycles. The van der Waals surface area contributed by atoms with E-state index in [0.717, 1.165) is 31.0 Å². The lowest BCUT2D eigenvalue weighted by molar-refractivity contribution is 0.520. The highest BCUT2D eigenvalue weighted by Gasteiger charge is 2.05. The zero-order valence-electron chi connectivity index (χ0n) is 9.33. The van der Waals surface area contributed by atoms with Gasteiger partial charge in [-0.05, 0) is 25.3 Å². The van der Waals surface area contributed by atoms with Gasteiger partial charge in [0.15, 0.2) is 0 Å². The number of halogens is 1. The minimum Gasteiger partial charge on any atom is -0.354 e. The van der Waals surface area contributed by atoms with Crippen LogP contribution in [0.2, 0.25) is 0 Å². The first-order chi connectivity index (χ1) is 7.26. The Kier molecular flexibility index (Phi) is 5.40. The van der Waals surface area contributed by atoms with Gasteiger partial charge in [0.2, 0.25) is 5.95 Å². The lowest BCUT2D eigenvalue weighted by atomic mass is 10.0. The average Bonchev–Trinajstić information content (AvgIpc) is 2.24. The maximum atomic E-state index is 5.72. The van der Waals surface area contributed by atoms with E-state index in [9.17, 15) is 0 Å². The average molecular weight is 228 g/mol. The maximum absolute atomic E-state index is 5.72. The molecule has 1 aromatic heterocycles. The fourth-order valence-electron chi connectivity index (χ4n) is 1.37. The Balaban J connectivity index is 2.41. The van der Waals surface area contributed by atoms with E-state index in [4.69, 9.17) is 11.6 Å². The van der Waals surface area contributed by atoms with Crippen molar-refractivity contribution in [2.24, 2.45) is 5.92 Å². The highest BCUT2D eigenvalue weighted by molar-refractivity contribution is 6.17. The van der Waals surface area contributed by atoms with Crippen molar-refractivity contribution in [3.63, 3.8) is 0 Å². The topological polar surface area (TPSA) is 37.8 Å². The fourth-order valence-corrected chi connectivity index (χ4v) is 1.68. The number of aryl methyl sites for hydroxylation is 1. The van der Waals surface area contributed by atoms with Gasteiger partial charge in [0, 0.05) is 24.3 Å². The second-order valence-corrected chi connectivity index (χ2v) is 4.03. The molecule has 0 bridgehead atoms. The molecule has 0 spiro atoms. The van der Waals surface area contributed by atoms with E-state index in [1.807, 2.05) is 13.0 Å². The molecular weight excluding hydrogens is 210 g/mol. The molecule has 1 N–H and O–H groups in total. The van der Waals surface area contributed by atoms with E-state index in [0.29, 0.717) is 11.9 Å². The molecule has 1 atom stereocenters. The SMILES string of the molecule is CCC(CCCl)CNc1nccc(C)n1. The lowest BCUT2D eigenvalue weighted by Crippen LogP contribution is -2.15. The van der Waals surface area contributed by atoms with Gasteiger partial charge in [-0.3, -0.25) is 0 Å². The van der Waals surface area contributed by atoms with Crippen LogP contribution in [0.15, 0.2) is 12.3 Å². The normalized spacial score (nSPS) is 12.5. The Morgan fingerprint density at radius 2 is 2.33 bits per heavy atom. The number of hydrogen-bond acceptors (Lipinski definition) is 3. The summed E-state index contributed by atoms with van der Waals surface area (Å²) in [5, 5.41) is 3.24. The molecule has 0 amide bonds. The Hall–Kier alpha value is -0.830. The number of aromatic nitrogens is 2. The first-order valence-corrected chi connectivity index (χ1v) is 5.89. The molecule has 0 aliphatic rings. The predicted molar refractivity (Wildman–Crippen MR) is 64.4 cm³/mol. The van der Waals surface area contributed by atoms with Crippen LogP contribution in [0.1, 0.15) is 25.5 Å². The zero-order chi connectivity index (χ0) is 11.1. The lowest BCUT2D eigenvalue weighted by Gasteiger charge is -2.13. The van der Waals surface area contributed by atoms with Crippen LogP contribution >= 0.6 is 11.6 Å². The summed E-state index contributed by atoms with van der Waals surface area (Å²) in [4.78, 5) is 8.44. The monoisotopic (exact) mass is 227 g/mol. The van der Waals surface area contributed by atoms with Gasteiger partial charge in [0.05, 0.1) is 0 Å². The molecule has 15 heavy (non-hydrogen) atoms. The molecule has 0 fully saturated rings. The molecule has 0 aliphatic heterocycles. The third kappa shape index (κ3) is 4.47. The summed E-state index contributed by atoms with van der Waals surface area (Å²) in [6, 6.07) is 1.89. The Bertz CT molecular complexity index is 291. The van der Waals surface area contributed by atoms with E-state index in [2.05, 4.69) is 22.2 Å². The summed E-state index contributed by atoms with van der Waals surface area (Å²) >= 11 is 5.72. The van der Waals surface area contributed by atoms with Gasteiger partial charge in [-0.25, -0.2) is 9.97 Å². The molecule has 0 saturated heterocycles. The zero-order valence-corrected chi connectivity index (χ0v) is 10.1. The number of rotatable bonds is 6. The van der Waals surface area contributed by atoms with Crippen LogP contribution in [-0.4, -0.2) is 22.4 Å². The molecule has 0 aromatic carbocycles. The van der Waals surface area contributed by atoms with Gasteiger partial charge in [0.25, 0.3) is 0 Å². The van der Waals surface area contributed by atoms with Crippen LogP contribution in [-0.2, 0) is 0 Å². The van der Waals surface area contributed by atoms with Gasteiger partial charge >= 0.3 is 0 Å². The van der Waals surface area contributed by atoms with Crippen molar-refractivity contribution in [1.82, 2.24) is 9.97 Å². The Labute approximate surface area is 96.3 Å². The number of alkyl halides is 1. The molecular formula is C11H18ClN3. The van der Waals surface area contributed by atoms with Crippen molar-refractivity contribution in [2.45, 2.75) is 26.7 Å². The van der Waals surface area contributed by atoms with Crippen LogP contribution < -0.4 is 5.32 Å². The van der Waals surface area contributed by atoms with Crippen molar-refractivity contribution in [3.8, 4) is 0 Å². The minimum absolute atomic E-state index is 0.603. The van der Waals surface area contributed by atoms with E-state index in [1.165, 1.54) is 0 Å².